The lowest BCUT2D eigenvalue weighted by molar-refractivity contribution is -0.138. The van der Waals surface area contributed by atoms with E-state index in [2.05, 4.69) is 29.3 Å². The highest BCUT2D eigenvalue weighted by atomic mass is 16.4. The van der Waals surface area contributed by atoms with Gasteiger partial charge < -0.3 is 10.4 Å². The quantitative estimate of drug-likeness (QED) is 0.794. The van der Waals surface area contributed by atoms with Crippen molar-refractivity contribution in [3.63, 3.8) is 0 Å². The van der Waals surface area contributed by atoms with E-state index in [4.69, 9.17) is 5.11 Å². The summed E-state index contributed by atoms with van der Waals surface area (Å²) in [5.41, 5.74) is 3.20. The summed E-state index contributed by atoms with van der Waals surface area (Å²) in [6.07, 6.45) is 7.88. The molecule has 1 fully saturated rings. The number of allylic oxidation sites excluding steroid dienone is 3. The summed E-state index contributed by atoms with van der Waals surface area (Å²) >= 11 is 0. The Balaban J connectivity index is 1.73. The molecular formula is C15H22N2O2. The summed E-state index contributed by atoms with van der Waals surface area (Å²) in [5, 5.41) is 12.5. The maximum atomic E-state index is 10.8. The van der Waals surface area contributed by atoms with E-state index in [1.165, 1.54) is 11.3 Å². The van der Waals surface area contributed by atoms with Crippen LogP contribution >= 0.6 is 0 Å². The largest absolute Gasteiger partial charge is 0.480 e. The Morgan fingerprint density at radius 1 is 1.53 bits per heavy atom. The average Bonchev–Trinajstić information content (AvgIpc) is 2.73. The normalized spacial score (nSPS) is 29.4. The molecule has 2 heterocycles. The molecule has 4 nitrogen and oxygen atoms in total. The molecule has 0 aromatic carbocycles. The maximum absolute atomic E-state index is 10.8. The zero-order chi connectivity index (χ0) is 13.5. The molecule has 1 saturated heterocycles. The highest BCUT2D eigenvalue weighted by Crippen LogP contribution is 2.46. The molecule has 0 aromatic heterocycles. The Labute approximate surface area is 114 Å². The minimum Gasteiger partial charge on any atom is -0.480 e. The van der Waals surface area contributed by atoms with Crippen molar-refractivity contribution in [1.29, 1.82) is 0 Å². The van der Waals surface area contributed by atoms with Gasteiger partial charge >= 0.3 is 5.97 Å². The molecule has 2 aliphatic heterocycles. The van der Waals surface area contributed by atoms with Crippen molar-refractivity contribution in [3.8, 4) is 0 Å². The average molecular weight is 262 g/mol. The van der Waals surface area contributed by atoms with Crippen LogP contribution in [0.5, 0.6) is 0 Å². The van der Waals surface area contributed by atoms with E-state index in [0.29, 0.717) is 5.92 Å². The second kappa shape index (κ2) is 4.67. The Morgan fingerprint density at radius 2 is 2.26 bits per heavy atom. The monoisotopic (exact) mass is 262 g/mol. The molecule has 0 bridgehead atoms. The number of nitrogens with one attached hydrogen (secondary N) is 1. The number of likely N-dealkylation sites (tertiary alicyclic amines) is 1. The third-order valence-corrected chi connectivity index (χ3v) is 4.92. The van der Waals surface area contributed by atoms with E-state index >= 15 is 0 Å². The van der Waals surface area contributed by atoms with Gasteiger partial charge in [-0.3, -0.25) is 9.69 Å². The molecule has 1 spiro atoms. The highest BCUT2D eigenvalue weighted by molar-refractivity contribution is 5.69. The van der Waals surface area contributed by atoms with Gasteiger partial charge in [0.2, 0.25) is 0 Å². The van der Waals surface area contributed by atoms with Crippen molar-refractivity contribution in [2.75, 3.05) is 26.2 Å². The zero-order valence-electron chi connectivity index (χ0n) is 11.5. The van der Waals surface area contributed by atoms with Crippen LogP contribution in [0.15, 0.2) is 23.4 Å². The van der Waals surface area contributed by atoms with Gasteiger partial charge in [0, 0.05) is 17.7 Å². The number of hydrogen-bond acceptors (Lipinski definition) is 3. The minimum absolute atomic E-state index is 0.182. The van der Waals surface area contributed by atoms with E-state index in [1.54, 1.807) is 0 Å². The van der Waals surface area contributed by atoms with Crippen molar-refractivity contribution in [1.82, 2.24) is 10.2 Å². The standard InChI is InChI=1S/C15H22N2O2/c1-11-3-2-4-12-14(11)16-10-15(12)5-7-17(8-6-15)9-13(18)19/h2,4,11,16H,3,5-10H2,1H3,(H,18,19). The van der Waals surface area contributed by atoms with Crippen molar-refractivity contribution in [2.24, 2.45) is 11.3 Å². The molecule has 0 aromatic rings. The Hall–Kier alpha value is -1.29. The first kappa shape index (κ1) is 12.7. The number of carboxylic acid groups (broad SMARTS) is 1. The number of piperidine rings is 1. The number of rotatable bonds is 2. The summed E-state index contributed by atoms with van der Waals surface area (Å²) in [6, 6.07) is 0. The summed E-state index contributed by atoms with van der Waals surface area (Å²) in [5.74, 6) is -0.108. The molecule has 1 aliphatic carbocycles. The summed E-state index contributed by atoms with van der Waals surface area (Å²) < 4.78 is 0. The fourth-order valence-corrected chi connectivity index (χ4v) is 3.73. The van der Waals surface area contributed by atoms with Gasteiger partial charge in [-0.15, -0.1) is 0 Å². The van der Waals surface area contributed by atoms with Gasteiger partial charge in [-0.05, 0) is 43.8 Å². The third kappa shape index (κ3) is 2.18. The molecule has 3 aliphatic rings. The van der Waals surface area contributed by atoms with Gasteiger partial charge in [-0.25, -0.2) is 0 Å². The van der Waals surface area contributed by atoms with E-state index in [0.717, 1.165) is 38.9 Å². The van der Waals surface area contributed by atoms with Crippen LogP contribution in [0.4, 0.5) is 0 Å². The van der Waals surface area contributed by atoms with E-state index in [9.17, 15) is 4.79 Å². The first-order valence-corrected chi connectivity index (χ1v) is 7.20. The van der Waals surface area contributed by atoms with Gasteiger partial charge in [0.1, 0.15) is 0 Å². The SMILES string of the molecule is CC1CC=CC2=C1NCC21CCN(CC(=O)O)CC1. The van der Waals surface area contributed by atoms with Crippen LogP contribution in [-0.4, -0.2) is 42.2 Å². The van der Waals surface area contributed by atoms with E-state index in [1.807, 2.05) is 0 Å². The number of carboxylic acids is 1. The molecule has 0 radical (unpaired) electrons. The van der Waals surface area contributed by atoms with Crippen molar-refractivity contribution < 1.29 is 9.90 Å². The Morgan fingerprint density at radius 3 is 2.95 bits per heavy atom. The number of fused-ring (bicyclic) bond motifs is 1. The predicted molar refractivity (Wildman–Crippen MR) is 73.7 cm³/mol. The topological polar surface area (TPSA) is 52.6 Å². The van der Waals surface area contributed by atoms with Crippen LogP contribution in [0.2, 0.25) is 0 Å². The van der Waals surface area contributed by atoms with Crippen molar-refractivity contribution in [2.45, 2.75) is 26.2 Å². The molecule has 0 amide bonds. The fourth-order valence-electron chi connectivity index (χ4n) is 3.73. The van der Waals surface area contributed by atoms with Crippen LogP contribution in [0, 0.1) is 11.3 Å². The summed E-state index contributed by atoms with van der Waals surface area (Å²) in [4.78, 5) is 12.8. The molecule has 3 rings (SSSR count). The smallest absolute Gasteiger partial charge is 0.317 e. The van der Waals surface area contributed by atoms with Gasteiger partial charge in [-0.1, -0.05) is 19.1 Å². The first-order valence-electron chi connectivity index (χ1n) is 7.20. The number of carbonyl (C=O) groups is 1. The lowest BCUT2D eigenvalue weighted by Gasteiger charge is -2.40. The predicted octanol–water partition coefficient (Wildman–Crippen LogP) is 1.61. The third-order valence-electron chi connectivity index (χ3n) is 4.92. The van der Waals surface area contributed by atoms with Crippen LogP contribution in [0.1, 0.15) is 26.2 Å². The highest BCUT2D eigenvalue weighted by Gasteiger charge is 2.43. The fraction of sp³-hybridized carbons (Fsp3) is 0.667. The lowest BCUT2D eigenvalue weighted by Crippen LogP contribution is -2.44. The van der Waals surface area contributed by atoms with Gasteiger partial charge in [-0.2, -0.15) is 0 Å². The molecule has 1 atom stereocenters. The molecule has 0 saturated carbocycles. The minimum atomic E-state index is -0.716. The number of nitrogens with zero attached hydrogens (tertiary/aromatic N) is 1. The maximum Gasteiger partial charge on any atom is 0.317 e. The Kier molecular flexibility index (Phi) is 3.13. The molecule has 104 valence electrons. The first-order chi connectivity index (χ1) is 9.11. The van der Waals surface area contributed by atoms with Crippen molar-refractivity contribution >= 4 is 5.97 Å². The van der Waals surface area contributed by atoms with Crippen LogP contribution in [0.3, 0.4) is 0 Å². The van der Waals surface area contributed by atoms with Crippen LogP contribution in [-0.2, 0) is 4.79 Å². The van der Waals surface area contributed by atoms with E-state index < -0.39 is 5.97 Å². The summed E-state index contributed by atoms with van der Waals surface area (Å²) in [6.45, 7) is 5.29. The van der Waals surface area contributed by atoms with Gasteiger partial charge in [0.05, 0.1) is 6.54 Å². The molecule has 4 heteroatoms. The van der Waals surface area contributed by atoms with Gasteiger partial charge in [0.15, 0.2) is 0 Å². The Bertz CT molecular complexity index is 445. The van der Waals surface area contributed by atoms with E-state index in [-0.39, 0.29) is 12.0 Å². The molecule has 1 unspecified atom stereocenters. The molecule has 2 N–H and O–H groups in total. The van der Waals surface area contributed by atoms with Gasteiger partial charge in [0.25, 0.3) is 0 Å². The molecular weight excluding hydrogens is 240 g/mol. The lowest BCUT2D eigenvalue weighted by atomic mass is 9.71. The number of aliphatic carboxylic acids is 1. The second-order valence-corrected chi connectivity index (χ2v) is 6.17. The second-order valence-electron chi connectivity index (χ2n) is 6.17. The molecule has 19 heavy (non-hydrogen) atoms. The summed E-state index contributed by atoms with van der Waals surface area (Å²) in [7, 11) is 0. The van der Waals surface area contributed by atoms with Crippen molar-refractivity contribution in [3.05, 3.63) is 23.4 Å². The van der Waals surface area contributed by atoms with Crippen LogP contribution in [0.25, 0.3) is 0 Å². The number of hydrogen-bond donors (Lipinski definition) is 2. The van der Waals surface area contributed by atoms with Crippen LogP contribution < -0.4 is 5.32 Å². The zero-order valence-corrected chi connectivity index (χ0v) is 11.5.